The molecule has 0 N–H and O–H groups in total. The minimum Gasteiger partial charge on any atom is -0.463 e. The van der Waals surface area contributed by atoms with E-state index in [0.717, 1.165) is 0 Å². The Morgan fingerprint density at radius 3 is 1.00 bits per heavy atom. The van der Waals surface area contributed by atoms with E-state index in [9.17, 15) is 108 Å². The van der Waals surface area contributed by atoms with Crippen LogP contribution in [0.5, 0.6) is 0 Å². The molecule has 6 atom stereocenters. The fourth-order valence-electron chi connectivity index (χ4n) is 4.99. The second kappa shape index (κ2) is 34.2. The van der Waals surface area contributed by atoms with Gasteiger partial charge >= 0.3 is 29.8 Å². The van der Waals surface area contributed by atoms with Crippen LogP contribution in [-0.4, -0.2) is 235 Å². The fraction of sp³-hybridized carbons (Fsp3) is 0.625. The van der Waals surface area contributed by atoms with E-state index in [-0.39, 0.29) is 26.2 Å². The van der Waals surface area contributed by atoms with Crippen molar-refractivity contribution in [1.82, 2.24) is 0 Å². The first-order chi connectivity index (χ1) is 40.9. The molecule has 0 radical (unpaired) electrons. The molecule has 5 fully saturated rings. The first-order valence-corrected chi connectivity index (χ1v) is 38.7. The van der Waals surface area contributed by atoms with Gasteiger partial charge in [-0.15, -0.1) is 37.5 Å². The van der Waals surface area contributed by atoms with Gasteiger partial charge in [0.1, 0.15) is 39.6 Å². The van der Waals surface area contributed by atoms with E-state index in [1.54, 1.807) is 0 Å². The molecule has 50 heteroatoms. The average molecular weight is 1490 g/mol. The lowest BCUT2D eigenvalue weighted by Gasteiger charge is -2.21. The van der Waals surface area contributed by atoms with E-state index in [0.29, 0.717) is 0 Å². The number of hydrogen-bond acceptors (Lipinski definition) is 40. The van der Waals surface area contributed by atoms with E-state index in [4.69, 9.17) is 30.4 Å². The highest BCUT2D eigenvalue weighted by molar-refractivity contribution is 8.05. The highest BCUT2D eigenvalue weighted by Crippen LogP contribution is 2.20. The van der Waals surface area contributed by atoms with E-state index >= 15 is 0 Å². The zero-order valence-electron chi connectivity index (χ0n) is 46.1. The Balaban J connectivity index is 0.000000563. The van der Waals surface area contributed by atoms with E-state index < -0.39 is 232 Å². The fourth-order valence-corrected chi connectivity index (χ4v) is 18.6. The Morgan fingerprint density at radius 1 is 0.433 bits per heavy atom. The SMILES string of the molecule is C#CC(C)(C)OC(=O)C1COS(=O)(=O)CS(=O)(=O)O1.C#CC(C)OC(=O)C1COS(=O)(=O)CS(=O)(=O)O1.C#CCCOC(=O)C1COS(=O)(=O)CS(=O)(=O)O1.C#CCOC(=O)C1COS(=O)(=O)CS(=O)(=O)O1.CC#CCOC(=O)C1COS(=O)(=O)CS(=O)(=O)O1. The van der Waals surface area contributed by atoms with Crippen LogP contribution in [0.1, 0.15) is 34.1 Å². The van der Waals surface area contributed by atoms with Crippen molar-refractivity contribution in [2.75, 3.05) is 78.3 Å². The maximum Gasteiger partial charge on any atom is 0.340 e. The first-order valence-electron chi connectivity index (χ1n) is 22.9. The van der Waals surface area contributed by atoms with Gasteiger partial charge in [0, 0.05) is 6.42 Å². The van der Waals surface area contributed by atoms with Crippen LogP contribution in [0.25, 0.3) is 0 Å². The summed E-state index contributed by atoms with van der Waals surface area (Å²) in [6.45, 7) is 1.09. The maximum atomic E-state index is 11.6. The van der Waals surface area contributed by atoms with Crippen molar-refractivity contribution in [3.8, 4) is 61.2 Å². The lowest BCUT2D eigenvalue weighted by atomic mass is 10.1. The van der Waals surface area contributed by atoms with Crippen molar-refractivity contribution < 1.29 is 174 Å². The van der Waals surface area contributed by atoms with Gasteiger partial charge < -0.3 is 23.7 Å². The van der Waals surface area contributed by atoms with Gasteiger partial charge in [-0.2, -0.15) is 84.2 Å². The summed E-state index contributed by atoms with van der Waals surface area (Å²) in [6.07, 6.45) is 10.7. The molecule has 40 nitrogen and oxygen atoms in total. The molecular weight excluding hydrogens is 1440 g/mol. The number of carbonyl (C=O) groups excluding carboxylic acids is 5. The first kappa shape index (κ1) is 82.3. The molecule has 90 heavy (non-hydrogen) atoms. The molecule has 0 spiro atoms. The molecule has 0 aromatic carbocycles. The summed E-state index contributed by atoms with van der Waals surface area (Å²) < 4.78 is 289. The van der Waals surface area contributed by atoms with Crippen LogP contribution in [0.3, 0.4) is 0 Å². The monoisotopic (exact) mass is 1490 g/mol. The van der Waals surface area contributed by atoms with Crippen LogP contribution in [0.15, 0.2) is 0 Å². The summed E-state index contributed by atoms with van der Waals surface area (Å²) in [5, 5.41) is -6.73. The van der Waals surface area contributed by atoms with Crippen molar-refractivity contribution in [3.63, 3.8) is 0 Å². The summed E-state index contributed by atoms with van der Waals surface area (Å²) in [7, 11) is -43.5. The van der Waals surface area contributed by atoms with Gasteiger partial charge in [-0.3, -0.25) is 41.8 Å². The second-order valence-electron chi connectivity index (χ2n) is 16.8. The lowest BCUT2D eigenvalue weighted by molar-refractivity contribution is -0.161. The van der Waals surface area contributed by atoms with Gasteiger partial charge in [0.2, 0.25) is 25.4 Å². The molecule has 6 unspecified atom stereocenters. The third kappa shape index (κ3) is 33.5. The minimum atomic E-state index is -4.45. The molecule has 5 rings (SSSR count). The summed E-state index contributed by atoms with van der Waals surface area (Å²) >= 11 is 0. The van der Waals surface area contributed by atoms with Crippen LogP contribution < -0.4 is 0 Å². The number of esters is 5. The van der Waals surface area contributed by atoms with Crippen molar-refractivity contribution in [3.05, 3.63) is 0 Å². The Kier molecular flexibility index (Phi) is 31.3. The zero-order valence-corrected chi connectivity index (χ0v) is 54.3. The second-order valence-corrected chi connectivity index (χ2v) is 34.8. The number of hydrogen-bond donors (Lipinski definition) is 0. The topological polar surface area (TPSA) is 565 Å². The largest absolute Gasteiger partial charge is 0.463 e. The smallest absolute Gasteiger partial charge is 0.340 e. The molecule has 0 aromatic heterocycles. The van der Waals surface area contributed by atoms with Crippen LogP contribution in [-0.2, 0) is 191 Å². The number of carbonyl (C=O) groups is 5. The molecule has 5 aliphatic rings. The summed E-state index contributed by atoms with van der Waals surface area (Å²) in [6, 6.07) is 0. The molecule has 0 bridgehead atoms. The van der Waals surface area contributed by atoms with Crippen molar-refractivity contribution in [2.24, 2.45) is 0 Å². The average Bonchev–Trinajstić information content (AvgIpc) is 1.84. The van der Waals surface area contributed by atoms with Gasteiger partial charge in [-0.05, 0) is 27.7 Å². The van der Waals surface area contributed by atoms with Gasteiger partial charge in [-0.1, -0.05) is 23.7 Å². The third-order valence-electron chi connectivity index (χ3n) is 8.55. The van der Waals surface area contributed by atoms with Gasteiger partial charge in [0.25, 0.3) is 101 Å². The molecule has 510 valence electrons. The van der Waals surface area contributed by atoms with Crippen molar-refractivity contribution in [1.29, 1.82) is 0 Å². The van der Waals surface area contributed by atoms with Gasteiger partial charge in [0.15, 0.2) is 55.4 Å². The Labute approximate surface area is 517 Å². The van der Waals surface area contributed by atoms with Gasteiger partial charge in [0.05, 0.1) is 0 Å². The molecule has 5 saturated heterocycles. The quantitative estimate of drug-likeness (QED) is 0.0610. The summed E-state index contributed by atoms with van der Waals surface area (Å²) in [5.41, 5.74) is -1.28. The lowest BCUT2D eigenvalue weighted by Crippen LogP contribution is -2.37. The minimum absolute atomic E-state index is 0.123. The summed E-state index contributed by atoms with van der Waals surface area (Å²) in [4.78, 5) is 57.0. The highest BCUT2D eigenvalue weighted by Gasteiger charge is 2.42. The number of ether oxygens (including phenoxy) is 5. The van der Waals surface area contributed by atoms with Crippen LogP contribution in [0, 0.1) is 61.2 Å². The normalized spacial score (nSPS) is 26.1. The molecule has 0 saturated carbocycles. The van der Waals surface area contributed by atoms with E-state index in [1.807, 2.05) is 5.92 Å². The van der Waals surface area contributed by atoms with Gasteiger partial charge in [-0.25, -0.2) is 24.0 Å². The maximum absolute atomic E-state index is 11.6. The Morgan fingerprint density at radius 2 is 0.722 bits per heavy atom. The molecular formula is C40H50O40S10. The molecule has 5 heterocycles. The molecule has 5 aliphatic heterocycles. The summed E-state index contributed by atoms with van der Waals surface area (Å²) in [5.74, 6) is 7.85. The molecule has 0 aromatic rings. The highest BCUT2D eigenvalue weighted by atomic mass is 32.3. The molecule has 0 aliphatic carbocycles. The van der Waals surface area contributed by atoms with Crippen molar-refractivity contribution >= 4 is 131 Å². The van der Waals surface area contributed by atoms with Crippen LogP contribution in [0.4, 0.5) is 0 Å². The van der Waals surface area contributed by atoms with E-state index in [2.05, 4.69) is 90.4 Å². The predicted octanol–water partition coefficient (Wildman–Crippen LogP) is -7.08. The third-order valence-corrected chi connectivity index (χ3v) is 25.2. The predicted molar refractivity (Wildman–Crippen MR) is 290 cm³/mol. The molecule has 0 amide bonds. The standard InChI is InChI=1S/C9H12O8S2.3C8H10O8S2.C7H8O8S2/c1-4-9(2,3)16-8(10)7-5-15-18(11,12)6-19(13,14)17-7;1-3-6(2)15-8(9)7-4-14-17(10,11)5-18(12,13)16-7;2*1-2-3-4-14-8(9)7-5-15-17(10,11)6-18(12,13)16-7;1-2-3-13-7(8)6-4-14-16(9,10)5-17(11,12)15-6/h1,7H,5-6H2,2-3H3;1,6-7H,4-5H2,2H3;7H,4-6H2,1H3;1,7H,3-6H2;1,6H,3-5H2. The Hall–Kier alpha value is -5.75. The number of rotatable bonds is 11. The van der Waals surface area contributed by atoms with Crippen LogP contribution >= 0.6 is 0 Å². The van der Waals surface area contributed by atoms with Crippen LogP contribution in [0.2, 0.25) is 0 Å². The Bertz CT molecular complexity index is 4070. The van der Waals surface area contributed by atoms with E-state index in [1.165, 1.54) is 27.7 Å². The zero-order chi connectivity index (χ0) is 69.6. The van der Waals surface area contributed by atoms with Crippen molar-refractivity contribution in [2.45, 2.75) is 76.3 Å². The number of terminal acetylenes is 4.